The lowest BCUT2D eigenvalue weighted by Crippen LogP contribution is -2.50. The Morgan fingerprint density at radius 2 is 1.97 bits per heavy atom. The lowest BCUT2D eigenvalue weighted by molar-refractivity contribution is 0.231. The van der Waals surface area contributed by atoms with Gasteiger partial charge < -0.3 is 9.80 Å². The van der Waals surface area contributed by atoms with Crippen LogP contribution in [0.5, 0.6) is 0 Å². The average molecular weight is 465 g/mol. The van der Waals surface area contributed by atoms with Gasteiger partial charge in [-0.3, -0.25) is 9.88 Å². The van der Waals surface area contributed by atoms with Gasteiger partial charge in [-0.15, -0.1) is 0 Å². The van der Waals surface area contributed by atoms with Crippen LogP contribution in [0.4, 0.5) is 11.5 Å². The van der Waals surface area contributed by atoms with Gasteiger partial charge in [0.25, 0.3) is 0 Å². The van der Waals surface area contributed by atoms with Crippen LogP contribution in [0.15, 0.2) is 42.1 Å². The summed E-state index contributed by atoms with van der Waals surface area (Å²) in [6, 6.07) is 8.25. The lowest BCUT2D eigenvalue weighted by Gasteiger charge is -2.39. The number of hydrogen-bond acceptors (Lipinski definition) is 8. The summed E-state index contributed by atoms with van der Waals surface area (Å²) in [7, 11) is -3.55. The molecule has 0 spiro atoms. The molecule has 3 fully saturated rings. The molecule has 5 rings (SSSR count). The molecule has 0 amide bonds. The zero-order chi connectivity index (χ0) is 23.0. The normalized spacial score (nSPS) is 23.4. The second kappa shape index (κ2) is 8.76. The van der Waals surface area contributed by atoms with Gasteiger partial charge in [0.1, 0.15) is 11.9 Å². The van der Waals surface area contributed by atoms with Crippen LogP contribution in [0.25, 0.3) is 6.08 Å². The molecule has 172 valence electrons. The molecule has 3 aliphatic rings. The highest BCUT2D eigenvalue weighted by Gasteiger charge is 2.36. The van der Waals surface area contributed by atoms with Crippen LogP contribution in [-0.4, -0.2) is 73.8 Å². The maximum Gasteiger partial charge on any atom is 0.183 e. The van der Waals surface area contributed by atoms with E-state index < -0.39 is 15.1 Å². The van der Waals surface area contributed by atoms with Gasteiger partial charge in [-0.25, -0.2) is 13.4 Å². The molecule has 0 saturated carbocycles. The fourth-order valence-corrected chi connectivity index (χ4v) is 7.19. The molecule has 0 N–H and O–H groups in total. The molecule has 4 heterocycles. The molecule has 0 radical (unpaired) electrons. The number of fused-ring (bicyclic) bond motifs is 1. The number of benzene rings is 1. The minimum absolute atomic E-state index is 0.224. The number of sulfone groups is 1. The number of anilines is 2. The van der Waals surface area contributed by atoms with Gasteiger partial charge in [-0.1, -0.05) is 12.7 Å². The number of hydrogen-bond donors (Lipinski definition) is 0. The average Bonchev–Trinajstić information content (AvgIpc) is 3.53. The molecule has 2 atom stereocenters. The van der Waals surface area contributed by atoms with E-state index >= 15 is 0 Å². The van der Waals surface area contributed by atoms with Crippen LogP contribution in [0, 0.1) is 11.3 Å². The molecule has 3 saturated heterocycles. The standard InChI is InChI=1S/C24H28N6O2S/c1-2-18-12-20(29-11-10-28-8-3-4-21(28)16-29)5-6-23(18)33(31,32)22-7-9-30(17-22)24-15-26-14-19(13-25)27-24/h2,5-6,12,14-15,21-22H,1,3-4,7-11,16-17H2/t21-,22-/m0/s1. The smallest absolute Gasteiger partial charge is 0.183 e. The first-order valence-corrected chi connectivity index (χ1v) is 13.0. The Kier molecular flexibility index (Phi) is 5.81. The van der Waals surface area contributed by atoms with E-state index in [-0.39, 0.29) is 5.69 Å². The second-order valence-electron chi connectivity index (χ2n) is 8.98. The molecule has 0 unspecified atom stereocenters. The van der Waals surface area contributed by atoms with Crippen molar-refractivity contribution in [3.8, 4) is 6.07 Å². The number of aromatic nitrogens is 2. The Hall–Kier alpha value is -2.96. The summed E-state index contributed by atoms with van der Waals surface area (Å²) in [5, 5.41) is 8.53. The Morgan fingerprint density at radius 1 is 1.09 bits per heavy atom. The van der Waals surface area contributed by atoms with Crippen molar-refractivity contribution < 1.29 is 8.42 Å². The van der Waals surface area contributed by atoms with Gasteiger partial charge in [0, 0.05) is 44.5 Å². The highest BCUT2D eigenvalue weighted by molar-refractivity contribution is 7.92. The van der Waals surface area contributed by atoms with Crippen molar-refractivity contribution in [2.75, 3.05) is 49.1 Å². The zero-order valence-corrected chi connectivity index (χ0v) is 19.4. The summed E-state index contributed by atoms with van der Waals surface area (Å²) in [6.45, 7) is 8.98. The van der Waals surface area contributed by atoms with E-state index in [0.717, 1.165) is 25.3 Å². The Morgan fingerprint density at radius 3 is 2.79 bits per heavy atom. The van der Waals surface area contributed by atoms with Crippen LogP contribution in [0.3, 0.4) is 0 Å². The lowest BCUT2D eigenvalue weighted by atomic mass is 10.1. The fourth-order valence-electron chi connectivity index (χ4n) is 5.31. The molecule has 1 aromatic heterocycles. The summed E-state index contributed by atoms with van der Waals surface area (Å²) >= 11 is 0. The Labute approximate surface area is 195 Å². The van der Waals surface area contributed by atoms with E-state index in [9.17, 15) is 8.42 Å². The molecule has 3 aliphatic heterocycles. The first-order chi connectivity index (χ1) is 16.0. The van der Waals surface area contributed by atoms with Gasteiger partial charge in [-0.2, -0.15) is 5.26 Å². The summed E-state index contributed by atoms with van der Waals surface area (Å²) in [4.78, 5) is 15.5. The molecule has 1 aromatic carbocycles. The Balaban J connectivity index is 1.36. The highest BCUT2D eigenvalue weighted by atomic mass is 32.2. The van der Waals surface area contributed by atoms with E-state index in [0.29, 0.717) is 41.8 Å². The van der Waals surface area contributed by atoms with E-state index in [2.05, 4.69) is 26.3 Å². The SMILES string of the molecule is C=Cc1cc(N2CCN3CCC[C@H]3C2)ccc1S(=O)(=O)[C@H]1CCN(c2cncc(C#N)n2)C1. The van der Waals surface area contributed by atoms with Crippen LogP contribution < -0.4 is 9.80 Å². The largest absolute Gasteiger partial charge is 0.369 e. The second-order valence-corrected chi connectivity index (χ2v) is 11.2. The van der Waals surface area contributed by atoms with E-state index in [4.69, 9.17) is 5.26 Å². The van der Waals surface area contributed by atoms with Crippen LogP contribution in [-0.2, 0) is 9.84 Å². The van der Waals surface area contributed by atoms with Crippen LogP contribution >= 0.6 is 0 Å². The number of nitriles is 1. The first kappa shape index (κ1) is 21.9. The summed E-state index contributed by atoms with van der Waals surface area (Å²) in [5.74, 6) is 0.539. The van der Waals surface area contributed by atoms with Gasteiger partial charge in [0.05, 0.1) is 22.5 Å². The highest BCUT2D eigenvalue weighted by Crippen LogP contribution is 2.32. The monoisotopic (exact) mass is 464 g/mol. The van der Waals surface area contributed by atoms with Crippen molar-refractivity contribution >= 4 is 27.4 Å². The van der Waals surface area contributed by atoms with Gasteiger partial charge in [0.2, 0.25) is 0 Å². The zero-order valence-electron chi connectivity index (χ0n) is 18.6. The van der Waals surface area contributed by atoms with Gasteiger partial charge in [-0.05, 0) is 49.6 Å². The molecule has 0 aliphatic carbocycles. The Bertz CT molecular complexity index is 1210. The van der Waals surface area contributed by atoms with E-state index in [1.165, 1.54) is 25.6 Å². The quantitative estimate of drug-likeness (QED) is 0.666. The molecule has 9 heteroatoms. The topological polar surface area (TPSA) is 93.4 Å². The summed E-state index contributed by atoms with van der Waals surface area (Å²) in [6.07, 6.45) is 7.62. The van der Waals surface area contributed by atoms with Gasteiger partial charge >= 0.3 is 0 Å². The van der Waals surface area contributed by atoms with Crippen molar-refractivity contribution in [3.05, 3.63) is 48.4 Å². The molecule has 0 bridgehead atoms. The third kappa shape index (κ3) is 4.09. The van der Waals surface area contributed by atoms with Crippen molar-refractivity contribution in [1.82, 2.24) is 14.9 Å². The predicted molar refractivity (Wildman–Crippen MR) is 128 cm³/mol. The number of piperazine rings is 1. The minimum Gasteiger partial charge on any atom is -0.369 e. The van der Waals surface area contributed by atoms with Crippen molar-refractivity contribution in [1.29, 1.82) is 5.26 Å². The third-order valence-corrected chi connectivity index (χ3v) is 9.36. The summed E-state index contributed by atoms with van der Waals surface area (Å²) in [5.41, 5.74) is 1.94. The van der Waals surface area contributed by atoms with Crippen molar-refractivity contribution in [2.24, 2.45) is 0 Å². The molecular formula is C24H28N6O2S. The maximum atomic E-state index is 13.6. The van der Waals surface area contributed by atoms with Crippen molar-refractivity contribution in [2.45, 2.75) is 35.4 Å². The van der Waals surface area contributed by atoms with Crippen LogP contribution in [0.1, 0.15) is 30.5 Å². The third-order valence-electron chi connectivity index (χ3n) is 7.12. The predicted octanol–water partition coefficient (Wildman–Crippen LogP) is 2.33. The number of rotatable bonds is 5. The first-order valence-electron chi connectivity index (χ1n) is 11.5. The molecule has 33 heavy (non-hydrogen) atoms. The number of nitrogens with zero attached hydrogens (tertiary/aromatic N) is 6. The van der Waals surface area contributed by atoms with Crippen LogP contribution in [0.2, 0.25) is 0 Å². The van der Waals surface area contributed by atoms with Gasteiger partial charge in [0.15, 0.2) is 15.5 Å². The van der Waals surface area contributed by atoms with E-state index in [1.54, 1.807) is 18.3 Å². The van der Waals surface area contributed by atoms with E-state index in [1.807, 2.05) is 23.1 Å². The summed E-state index contributed by atoms with van der Waals surface area (Å²) < 4.78 is 27.1. The molecular weight excluding hydrogens is 436 g/mol. The molecule has 8 nitrogen and oxygen atoms in total. The fraction of sp³-hybridized carbons (Fsp3) is 0.458. The maximum absolute atomic E-state index is 13.6. The van der Waals surface area contributed by atoms with Crippen molar-refractivity contribution in [3.63, 3.8) is 0 Å². The molecule has 2 aromatic rings. The minimum atomic E-state index is -3.55.